The lowest BCUT2D eigenvalue weighted by molar-refractivity contribution is 0.0300. The molecule has 0 atom stereocenters. The van der Waals surface area contributed by atoms with Gasteiger partial charge in [-0.05, 0) is 35.9 Å². The van der Waals surface area contributed by atoms with Gasteiger partial charge in [-0.15, -0.1) is 0 Å². The fourth-order valence-corrected chi connectivity index (χ4v) is 4.46. The minimum Gasteiger partial charge on any atom is -0.496 e. The third-order valence-electron chi connectivity index (χ3n) is 5.08. The summed E-state index contributed by atoms with van der Waals surface area (Å²) in [5, 5.41) is 0. The number of carbonyl (C=O) groups excluding carboxylic acids is 1. The number of methoxy groups -OCH3 is 1. The number of hydrogen-bond donors (Lipinski definition) is 1. The van der Waals surface area contributed by atoms with Gasteiger partial charge in [-0.2, -0.15) is 0 Å². The standard InChI is InChI=1S/C21H24N2O7S/c1-27-18-5-3-16(13-17(18)21(24)23-6-8-28-9-7-23)31(25,26)22-14-15-2-4-19-20(12-15)30-11-10-29-19/h2-5,12-13,22H,6-11,14H2,1H3. The van der Waals surface area contributed by atoms with E-state index in [0.29, 0.717) is 56.8 Å². The molecule has 1 fully saturated rings. The van der Waals surface area contributed by atoms with Gasteiger partial charge in [0.15, 0.2) is 11.5 Å². The first kappa shape index (κ1) is 21.4. The number of amides is 1. The lowest BCUT2D eigenvalue weighted by atomic mass is 10.1. The quantitative estimate of drug-likeness (QED) is 0.713. The third-order valence-corrected chi connectivity index (χ3v) is 6.48. The van der Waals surface area contributed by atoms with Crippen molar-refractivity contribution in [2.45, 2.75) is 11.4 Å². The van der Waals surface area contributed by atoms with Crippen LogP contribution in [0.5, 0.6) is 17.2 Å². The highest BCUT2D eigenvalue weighted by atomic mass is 32.2. The van der Waals surface area contributed by atoms with Crippen LogP contribution >= 0.6 is 0 Å². The molecule has 2 aliphatic heterocycles. The molecule has 1 N–H and O–H groups in total. The minimum atomic E-state index is -3.86. The van der Waals surface area contributed by atoms with Crippen molar-refractivity contribution in [3.05, 3.63) is 47.5 Å². The summed E-state index contributed by atoms with van der Waals surface area (Å²) in [6.45, 7) is 2.79. The van der Waals surface area contributed by atoms with E-state index < -0.39 is 10.0 Å². The van der Waals surface area contributed by atoms with Gasteiger partial charge in [0.1, 0.15) is 19.0 Å². The van der Waals surface area contributed by atoms with Gasteiger partial charge in [0.25, 0.3) is 5.91 Å². The topological polar surface area (TPSA) is 103 Å². The van der Waals surface area contributed by atoms with Crippen LogP contribution < -0.4 is 18.9 Å². The molecule has 1 amide bonds. The first-order chi connectivity index (χ1) is 15.0. The highest BCUT2D eigenvalue weighted by Crippen LogP contribution is 2.31. The Balaban J connectivity index is 1.53. The molecule has 0 unspecified atom stereocenters. The number of nitrogens with one attached hydrogen (secondary N) is 1. The smallest absolute Gasteiger partial charge is 0.257 e. The summed E-state index contributed by atoms with van der Waals surface area (Å²) in [6, 6.07) is 9.54. The van der Waals surface area contributed by atoms with Crippen molar-refractivity contribution in [3.8, 4) is 17.2 Å². The van der Waals surface area contributed by atoms with Crippen LogP contribution in [0.25, 0.3) is 0 Å². The highest BCUT2D eigenvalue weighted by Gasteiger charge is 2.25. The molecule has 4 rings (SSSR count). The van der Waals surface area contributed by atoms with Gasteiger partial charge in [-0.25, -0.2) is 13.1 Å². The lowest BCUT2D eigenvalue weighted by Crippen LogP contribution is -2.40. The molecule has 2 aromatic carbocycles. The maximum absolute atomic E-state index is 12.9. The first-order valence-electron chi connectivity index (χ1n) is 9.91. The molecule has 1 saturated heterocycles. The summed E-state index contributed by atoms with van der Waals surface area (Å²) in [5.74, 6) is 1.26. The summed E-state index contributed by atoms with van der Waals surface area (Å²) in [6.07, 6.45) is 0. The van der Waals surface area contributed by atoms with E-state index in [4.69, 9.17) is 18.9 Å². The maximum Gasteiger partial charge on any atom is 0.257 e. The van der Waals surface area contributed by atoms with E-state index in [9.17, 15) is 13.2 Å². The van der Waals surface area contributed by atoms with Crippen LogP contribution in [-0.4, -0.2) is 65.9 Å². The lowest BCUT2D eigenvalue weighted by Gasteiger charge is -2.27. The van der Waals surface area contributed by atoms with Crippen molar-refractivity contribution in [2.75, 3.05) is 46.6 Å². The molecule has 0 bridgehead atoms. The monoisotopic (exact) mass is 448 g/mol. The zero-order chi connectivity index (χ0) is 21.8. The normalized spacial score (nSPS) is 16.1. The van der Waals surface area contributed by atoms with Crippen molar-refractivity contribution >= 4 is 15.9 Å². The van der Waals surface area contributed by atoms with Gasteiger partial charge in [-0.1, -0.05) is 6.07 Å². The van der Waals surface area contributed by atoms with E-state index in [1.165, 1.54) is 25.3 Å². The molecule has 0 aromatic heterocycles. The van der Waals surface area contributed by atoms with Crippen molar-refractivity contribution in [1.82, 2.24) is 9.62 Å². The minimum absolute atomic E-state index is 0.0116. The molecule has 0 saturated carbocycles. The van der Waals surface area contributed by atoms with Gasteiger partial charge in [0, 0.05) is 19.6 Å². The largest absolute Gasteiger partial charge is 0.496 e. The number of ether oxygens (including phenoxy) is 4. The second kappa shape index (κ2) is 9.13. The van der Waals surface area contributed by atoms with Crippen LogP contribution in [0.15, 0.2) is 41.3 Å². The van der Waals surface area contributed by atoms with Crippen molar-refractivity contribution in [1.29, 1.82) is 0 Å². The van der Waals surface area contributed by atoms with Crippen LogP contribution in [0.3, 0.4) is 0 Å². The average molecular weight is 448 g/mol. The summed E-state index contributed by atoms with van der Waals surface area (Å²) >= 11 is 0. The van der Waals surface area contributed by atoms with Crippen LogP contribution in [0, 0.1) is 0 Å². The molecule has 2 heterocycles. The molecule has 166 valence electrons. The van der Waals surface area contributed by atoms with E-state index in [2.05, 4.69) is 4.72 Å². The maximum atomic E-state index is 12.9. The van der Waals surface area contributed by atoms with Gasteiger partial charge in [0.05, 0.1) is 30.8 Å². The second-order valence-corrected chi connectivity index (χ2v) is 8.84. The first-order valence-corrected chi connectivity index (χ1v) is 11.4. The number of fused-ring (bicyclic) bond motifs is 1. The van der Waals surface area contributed by atoms with Gasteiger partial charge < -0.3 is 23.8 Å². The molecule has 31 heavy (non-hydrogen) atoms. The van der Waals surface area contributed by atoms with Gasteiger partial charge >= 0.3 is 0 Å². The fourth-order valence-electron chi connectivity index (χ4n) is 3.42. The predicted molar refractivity (Wildman–Crippen MR) is 111 cm³/mol. The molecule has 0 aliphatic carbocycles. The Morgan fingerprint density at radius 2 is 1.77 bits per heavy atom. The van der Waals surface area contributed by atoms with E-state index in [-0.39, 0.29) is 22.9 Å². The molecular formula is C21H24N2O7S. The Kier molecular flexibility index (Phi) is 6.30. The number of sulfonamides is 1. The SMILES string of the molecule is COc1ccc(S(=O)(=O)NCc2ccc3c(c2)OCCO3)cc1C(=O)N1CCOCC1. The van der Waals surface area contributed by atoms with Crippen molar-refractivity contribution in [3.63, 3.8) is 0 Å². The fraction of sp³-hybridized carbons (Fsp3) is 0.381. The number of rotatable bonds is 6. The molecule has 10 heteroatoms. The number of carbonyl (C=O) groups is 1. The number of benzene rings is 2. The zero-order valence-electron chi connectivity index (χ0n) is 17.1. The molecular weight excluding hydrogens is 424 g/mol. The Labute approximate surface area is 180 Å². The van der Waals surface area contributed by atoms with Crippen molar-refractivity contribution in [2.24, 2.45) is 0 Å². The Morgan fingerprint density at radius 3 is 2.52 bits per heavy atom. The van der Waals surface area contributed by atoms with Crippen LogP contribution in [0.4, 0.5) is 0 Å². The summed E-state index contributed by atoms with van der Waals surface area (Å²) < 4.78 is 49.9. The molecule has 0 spiro atoms. The second-order valence-electron chi connectivity index (χ2n) is 7.07. The highest BCUT2D eigenvalue weighted by molar-refractivity contribution is 7.89. The van der Waals surface area contributed by atoms with Gasteiger partial charge in [0.2, 0.25) is 10.0 Å². The summed E-state index contributed by atoms with van der Waals surface area (Å²) in [4.78, 5) is 14.5. The zero-order valence-corrected chi connectivity index (χ0v) is 17.9. The predicted octanol–water partition coefficient (Wildman–Crippen LogP) is 1.42. The van der Waals surface area contributed by atoms with E-state index in [1.807, 2.05) is 0 Å². The summed E-state index contributed by atoms with van der Waals surface area (Å²) in [5.41, 5.74) is 0.928. The van der Waals surface area contributed by atoms with Crippen LogP contribution in [0.2, 0.25) is 0 Å². The molecule has 2 aromatic rings. The Morgan fingerprint density at radius 1 is 1.03 bits per heavy atom. The van der Waals surface area contributed by atoms with Crippen molar-refractivity contribution < 1.29 is 32.2 Å². The molecule has 0 radical (unpaired) electrons. The Hall–Kier alpha value is -2.82. The van der Waals surface area contributed by atoms with E-state index in [1.54, 1.807) is 23.1 Å². The molecule has 2 aliphatic rings. The van der Waals surface area contributed by atoms with Crippen LogP contribution in [0.1, 0.15) is 15.9 Å². The summed E-state index contributed by atoms with van der Waals surface area (Å²) in [7, 11) is -2.42. The number of morpholine rings is 1. The average Bonchev–Trinajstić information content (AvgIpc) is 2.82. The number of hydrogen-bond acceptors (Lipinski definition) is 7. The van der Waals surface area contributed by atoms with Crippen LogP contribution in [-0.2, 0) is 21.3 Å². The molecule has 9 nitrogen and oxygen atoms in total. The third kappa shape index (κ3) is 4.76. The Bertz CT molecular complexity index is 1070. The van der Waals surface area contributed by atoms with E-state index in [0.717, 1.165) is 5.56 Å². The number of nitrogens with zero attached hydrogens (tertiary/aromatic N) is 1. The van der Waals surface area contributed by atoms with E-state index >= 15 is 0 Å². The van der Waals surface area contributed by atoms with Gasteiger partial charge in [-0.3, -0.25) is 4.79 Å².